The molecule has 0 heterocycles. The molecule has 0 spiro atoms. The summed E-state index contributed by atoms with van der Waals surface area (Å²) in [6.07, 6.45) is -20.8. The van der Waals surface area contributed by atoms with Crippen LogP contribution in [0.1, 0.15) is 33.4 Å². The average molecular weight is 785 g/mol. The normalized spacial score (nSPS) is 12.6. The summed E-state index contributed by atoms with van der Waals surface area (Å²) in [4.78, 5) is 1.17. The first kappa shape index (κ1) is 39.8. The number of rotatable bonds is 6. The maximum atomic E-state index is 15.4. The zero-order valence-electron chi connectivity index (χ0n) is 27.0. The van der Waals surface area contributed by atoms with Crippen LogP contribution in [0.25, 0.3) is 0 Å². The highest BCUT2D eigenvalue weighted by Crippen LogP contribution is 2.47. The number of alkyl halides is 12. The van der Waals surface area contributed by atoms with Gasteiger partial charge < -0.3 is 9.80 Å². The first-order valence-corrected chi connectivity index (χ1v) is 15.0. The van der Waals surface area contributed by atoms with Crippen molar-refractivity contribution in [2.24, 2.45) is 0 Å². The fraction of sp³-hybridized carbons (Fsp3) is 0.167. The second kappa shape index (κ2) is 13.8. The summed E-state index contributed by atoms with van der Waals surface area (Å²) in [6, 6.07) is 10.7. The van der Waals surface area contributed by atoms with Gasteiger partial charge >= 0.3 is 24.7 Å². The molecule has 0 atom stereocenters. The Kier molecular flexibility index (Phi) is 10.1. The van der Waals surface area contributed by atoms with E-state index in [-0.39, 0.29) is 33.1 Å². The number of anilines is 6. The molecular weight excluding hydrogens is 764 g/mol. The van der Waals surface area contributed by atoms with Gasteiger partial charge in [0.25, 0.3) is 0 Å². The van der Waals surface area contributed by atoms with E-state index in [2.05, 4.69) is 0 Å². The lowest BCUT2D eigenvalue weighted by molar-refractivity contribution is -0.143. The molecule has 0 fully saturated rings. The monoisotopic (exact) mass is 784 g/mol. The van der Waals surface area contributed by atoms with Gasteiger partial charge in [-0.15, -0.1) is 0 Å². The minimum Gasteiger partial charge on any atom is -0.310 e. The maximum Gasteiger partial charge on any atom is 0.422 e. The van der Waals surface area contributed by atoms with Gasteiger partial charge in [0.2, 0.25) is 0 Å². The van der Waals surface area contributed by atoms with E-state index in [1.807, 2.05) is 0 Å². The van der Waals surface area contributed by atoms with Crippen molar-refractivity contribution in [3.63, 3.8) is 0 Å². The first-order valence-electron chi connectivity index (χ1n) is 15.0. The standard InChI is InChI=1S/C36H20F16N2/c1-17-11-20(34(44,45)46)15-25(13-17)53(26-14-18(2)12-21(16-26)35(47,48)49)22-7-9-24(10-8-22)54(23-5-3-19(4-6-23)33(41,42)43)32-30(39)28(37)27(36(50,51)52)29(38)31(32)40/h3-16H,1-2H3. The minimum absolute atomic E-state index is 0.0101. The summed E-state index contributed by atoms with van der Waals surface area (Å²) in [5.74, 6) is -11.0. The topological polar surface area (TPSA) is 6.48 Å². The van der Waals surface area contributed by atoms with Gasteiger partial charge in [-0.2, -0.15) is 52.7 Å². The van der Waals surface area contributed by atoms with Gasteiger partial charge in [-0.25, -0.2) is 17.6 Å². The van der Waals surface area contributed by atoms with E-state index >= 15 is 8.78 Å². The molecule has 2 nitrogen and oxygen atoms in total. The zero-order valence-corrected chi connectivity index (χ0v) is 27.0. The second-order valence-corrected chi connectivity index (χ2v) is 11.8. The predicted octanol–water partition coefficient (Wildman–Crippen LogP) is 13.9. The van der Waals surface area contributed by atoms with E-state index in [9.17, 15) is 61.5 Å². The molecule has 0 amide bonds. The molecule has 0 bridgehead atoms. The van der Waals surface area contributed by atoms with Gasteiger partial charge in [-0.3, -0.25) is 0 Å². The molecule has 5 aromatic rings. The number of hydrogen-bond donors (Lipinski definition) is 0. The Hall–Kier alpha value is -5.42. The number of halogens is 16. The summed E-state index contributed by atoms with van der Waals surface area (Å²) in [6.45, 7) is 2.54. The van der Waals surface area contributed by atoms with E-state index in [4.69, 9.17) is 0 Å². The molecule has 18 heteroatoms. The first-order chi connectivity index (χ1) is 24.8. The van der Waals surface area contributed by atoms with Crippen LogP contribution in [0.5, 0.6) is 0 Å². The van der Waals surface area contributed by atoms with E-state index in [0.29, 0.717) is 36.4 Å². The number of hydrogen-bond acceptors (Lipinski definition) is 2. The fourth-order valence-electron chi connectivity index (χ4n) is 5.58. The molecule has 0 aliphatic carbocycles. The third kappa shape index (κ3) is 7.91. The second-order valence-electron chi connectivity index (χ2n) is 11.8. The molecule has 0 N–H and O–H groups in total. The van der Waals surface area contributed by atoms with Gasteiger partial charge in [0.05, 0.1) is 16.7 Å². The quantitative estimate of drug-likeness (QED) is 0.125. The van der Waals surface area contributed by atoms with Crippen molar-refractivity contribution in [3.05, 3.63) is 142 Å². The van der Waals surface area contributed by atoms with Gasteiger partial charge in [0.15, 0.2) is 23.3 Å². The Morgan fingerprint density at radius 2 is 0.685 bits per heavy atom. The minimum atomic E-state index is -5.94. The zero-order chi connectivity index (χ0) is 40.3. The summed E-state index contributed by atoms with van der Waals surface area (Å²) in [5.41, 5.74) is -10.6. The predicted molar refractivity (Wildman–Crippen MR) is 165 cm³/mol. The largest absolute Gasteiger partial charge is 0.422 e. The fourth-order valence-corrected chi connectivity index (χ4v) is 5.58. The van der Waals surface area contributed by atoms with Crippen molar-refractivity contribution in [2.75, 3.05) is 9.80 Å². The van der Waals surface area contributed by atoms with Crippen molar-refractivity contribution >= 4 is 34.1 Å². The Bertz CT molecular complexity index is 2090. The Balaban J connectivity index is 1.77. The molecule has 5 aromatic carbocycles. The Morgan fingerprint density at radius 1 is 0.352 bits per heavy atom. The molecule has 0 aliphatic rings. The molecule has 0 saturated heterocycles. The van der Waals surface area contributed by atoms with Gasteiger partial charge in [0, 0.05) is 28.4 Å². The molecule has 54 heavy (non-hydrogen) atoms. The number of benzene rings is 5. The molecule has 0 radical (unpaired) electrons. The Morgan fingerprint density at radius 3 is 1.02 bits per heavy atom. The highest BCUT2D eigenvalue weighted by atomic mass is 19.4. The summed E-state index contributed by atoms with van der Waals surface area (Å²) < 4.78 is 224. The van der Waals surface area contributed by atoms with Crippen molar-refractivity contribution < 1.29 is 70.2 Å². The average Bonchev–Trinajstić information content (AvgIpc) is 3.04. The summed E-state index contributed by atoms with van der Waals surface area (Å²) >= 11 is 0. The van der Waals surface area contributed by atoms with Crippen molar-refractivity contribution in [3.8, 4) is 0 Å². The lowest BCUT2D eigenvalue weighted by Gasteiger charge is -2.30. The molecule has 286 valence electrons. The van der Waals surface area contributed by atoms with E-state index in [1.54, 1.807) is 0 Å². The van der Waals surface area contributed by atoms with E-state index in [0.717, 1.165) is 41.3 Å². The van der Waals surface area contributed by atoms with Crippen LogP contribution in [0.2, 0.25) is 0 Å². The molecule has 0 aromatic heterocycles. The van der Waals surface area contributed by atoms with Crippen molar-refractivity contribution in [1.82, 2.24) is 0 Å². The van der Waals surface area contributed by atoms with Crippen LogP contribution < -0.4 is 9.80 Å². The van der Waals surface area contributed by atoms with Crippen molar-refractivity contribution in [2.45, 2.75) is 38.6 Å². The summed E-state index contributed by atoms with van der Waals surface area (Å²) in [5, 5.41) is 0. The van der Waals surface area contributed by atoms with Crippen LogP contribution in [0.15, 0.2) is 84.9 Å². The number of nitrogens with zero attached hydrogens (tertiary/aromatic N) is 2. The molecule has 0 unspecified atom stereocenters. The van der Waals surface area contributed by atoms with Crippen LogP contribution in [0, 0.1) is 37.1 Å². The van der Waals surface area contributed by atoms with Crippen LogP contribution in [0.3, 0.4) is 0 Å². The van der Waals surface area contributed by atoms with Crippen LogP contribution in [-0.4, -0.2) is 0 Å². The Labute approximate surface area is 294 Å². The smallest absolute Gasteiger partial charge is 0.310 e. The third-order valence-corrected chi connectivity index (χ3v) is 7.86. The lowest BCUT2D eigenvalue weighted by Crippen LogP contribution is -2.21. The summed E-state index contributed by atoms with van der Waals surface area (Å²) in [7, 11) is 0. The van der Waals surface area contributed by atoms with Gasteiger partial charge in [0.1, 0.15) is 11.3 Å². The number of aryl methyl sites for hydroxylation is 2. The maximum absolute atomic E-state index is 15.4. The third-order valence-electron chi connectivity index (χ3n) is 7.86. The van der Waals surface area contributed by atoms with E-state index in [1.165, 1.54) is 26.0 Å². The highest BCUT2D eigenvalue weighted by Gasteiger charge is 2.44. The van der Waals surface area contributed by atoms with Crippen LogP contribution in [0.4, 0.5) is 104 Å². The molecule has 5 rings (SSSR count). The molecule has 0 saturated carbocycles. The van der Waals surface area contributed by atoms with Crippen LogP contribution >= 0.6 is 0 Å². The lowest BCUT2D eigenvalue weighted by atomic mass is 10.0. The highest BCUT2D eigenvalue weighted by molar-refractivity contribution is 5.82. The molecule has 0 aliphatic heterocycles. The molecular formula is C36H20F16N2. The van der Waals surface area contributed by atoms with Crippen LogP contribution in [-0.2, 0) is 24.7 Å². The van der Waals surface area contributed by atoms with Gasteiger partial charge in [-0.1, -0.05) is 0 Å². The van der Waals surface area contributed by atoms with Crippen molar-refractivity contribution in [1.29, 1.82) is 0 Å². The SMILES string of the molecule is Cc1cc(N(c2ccc(N(c3ccc(C(F)(F)F)cc3)c3c(F)c(F)c(C(F)(F)F)c(F)c3F)cc2)c2cc(C)cc(C(F)(F)F)c2)cc(C(F)(F)F)c1. The van der Waals surface area contributed by atoms with Gasteiger partial charge in [-0.05, 0) is 110 Å². The van der Waals surface area contributed by atoms with E-state index < -0.39 is 87.3 Å².